The van der Waals surface area contributed by atoms with E-state index in [2.05, 4.69) is 16.0 Å². The molecule has 0 aliphatic heterocycles. The molecule has 2 atom stereocenters. The fraction of sp³-hybridized carbons (Fsp3) is 0.292. The molecule has 210 valence electrons. The Labute approximate surface area is 238 Å². The number of amides is 3. The van der Waals surface area contributed by atoms with Crippen molar-refractivity contribution in [3.8, 4) is 5.75 Å². The summed E-state index contributed by atoms with van der Waals surface area (Å²) in [7, 11) is 2.72. The molecule has 0 bridgehead atoms. The van der Waals surface area contributed by atoms with Gasteiger partial charge >= 0.3 is 239 Å². The van der Waals surface area contributed by atoms with Gasteiger partial charge in [-0.05, 0) is 0 Å². The van der Waals surface area contributed by atoms with Crippen molar-refractivity contribution >= 4 is 75.4 Å². The third-order valence-electron chi connectivity index (χ3n) is 4.97. The minimum absolute atomic E-state index is 0.0373. The zero-order chi connectivity index (χ0) is 28.9. The molecule has 0 unspecified atom stereocenters. The van der Waals surface area contributed by atoms with Crippen LogP contribution in [0.25, 0.3) is 0 Å². The van der Waals surface area contributed by atoms with Gasteiger partial charge in [0.05, 0.1) is 0 Å². The molecule has 0 saturated carbocycles. The van der Waals surface area contributed by atoms with E-state index in [9.17, 15) is 24.0 Å². The van der Waals surface area contributed by atoms with Crippen LogP contribution in [-0.4, -0.2) is 85.2 Å². The number of anilines is 1. The molecule has 0 saturated heterocycles. The van der Waals surface area contributed by atoms with Crippen molar-refractivity contribution in [1.82, 2.24) is 10.6 Å². The average Bonchev–Trinajstić information content (AvgIpc) is 2.89. The number of nitrogens with two attached hydrogens (primary N) is 1. The second-order valence-corrected chi connectivity index (χ2v) is 12.4. The Morgan fingerprint density at radius 3 is 2.49 bits per heavy atom. The summed E-state index contributed by atoms with van der Waals surface area (Å²) >= 11 is 5.51. The molecule has 0 fully saturated rings. The van der Waals surface area contributed by atoms with E-state index >= 15 is 0 Å². The second kappa shape index (κ2) is 16.0. The molecule has 0 spiro atoms. The summed E-state index contributed by atoms with van der Waals surface area (Å²) in [5.74, 6) is -3.77. The van der Waals surface area contributed by atoms with Crippen LogP contribution >= 0.6 is 21.8 Å². The molecule has 2 aromatic rings. The number of hydrogen-bond donors (Lipinski definition) is 6. The van der Waals surface area contributed by atoms with Crippen molar-refractivity contribution in [2.75, 3.05) is 24.7 Å². The van der Waals surface area contributed by atoms with E-state index in [1.807, 2.05) is 0 Å². The molecular weight excluding hydrogens is 619 g/mol. The summed E-state index contributed by atoms with van der Waals surface area (Å²) < 4.78 is 6.04. The Kier molecular flexibility index (Phi) is 13.1. The number of nitrogens with one attached hydrogen (secondary N) is 3. The van der Waals surface area contributed by atoms with Crippen LogP contribution in [0.1, 0.15) is 23.2 Å². The van der Waals surface area contributed by atoms with Gasteiger partial charge < -0.3 is 0 Å². The molecule has 12 nitrogen and oxygen atoms in total. The van der Waals surface area contributed by atoms with Crippen molar-refractivity contribution in [3.05, 3.63) is 53.1 Å². The molecule has 0 radical (unpaired) electrons. The summed E-state index contributed by atoms with van der Waals surface area (Å²) in [6, 6.07) is 9.29. The molecule has 0 aromatic heterocycles. The third-order valence-corrected chi connectivity index (χ3v) is 9.49. The van der Waals surface area contributed by atoms with Crippen molar-refractivity contribution < 1.29 is 38.9 Å². The Bertz CT molecular complexity index is 1220. The zero-order valence-corrected chi connectivity index (χ0v) is 23.9. The average molecular weight is 646 g/mol. The van der Waals surface area contributed by atoms with E-state index in [0.717, 1.165) is 0 Å². The number of carbonyl (C=O) groups is 5. The number of carbonyl (C=O) groups excluding carboxylic acids is 3. The number of methoxy groups -OCH3 is 1. The summed E-state index contributed by atoms with van der Waals surface area (Å²) in [4.78, 5) is 59.8. The van der Waals surface area contributed by atoms with Crippen LogP contribution in [0.2, 0.25) is 5.02 Å². The van der Waals surface area contributed by atoms with E-state index in [1.165, 1.54) is 17.3 Å². The fourth-order valence-electron chi connectivity index (χ4n) is 3.01. The molecule has 0 heterocycles. The Hall–Kier alpha value is -3.29. The van der Waals surface area contributed by atoms with Crippen LogP contribution in [-0.2, 0) is 19.2 Å². The minimum atomic E-state index is -1.26. The standard InChI is InChI=1S/C24H27ClN4O8SSe/c1-37-18-7-3-6-15(22(33)28-14-5-2-4-13(25)10-14)21(18)39-38-12-17(23(34)27-11-20(31)32)29-19(30)9-8-16(26)24(35)36/h2-7,10,16-17H,8-9,11-12,26H2,1H3,(H,27,34)(H,28,33)(H,29,30)(H,31,32)(H,35,36)/t16-,17-/m1/s1. The Morgan fingerprint density at radius 2 is 1.85 bits per heavy atom. The van der Waals surface area contributed by atoms with Crippen LogP contribution in [0, 0.1) is 0 Å². The van der Waals surface area contributed by atoms with Gasteiger partial charge in [-0.1, -0.05) is 0 Å². The first-order chi connectivity index (χ1) is 18.5. The van der Waals surface area contributed by atoms with Crippen LogP contribution < -0.4 is 30.9 Å². The van der Waals surface area contributed by atoms with Gasteiger partial charge in [-0.25, -0.2) is 0 Å². The summed E-state index contributed by atoms with van der Waals surface area (Å²) in [5, 5.41) is 25.7. The van der Waals surface area contributed by atoms with Gasteiger partial charge in [-0.3, -0.25) is 0 Å². The number of rotatable bonds is 15. The predicted molar refractivity (Wildman–Crippen MR) is 148 cm³/mol. The Balaban J connectivity index is 2.14. The molecule has 15 heteroatoms. The molecule has 39 heavy (non-hydrogen) atoms. The van der Waals surface area contributed by atoms with Crippen LogP contribution in [0.3, 0.4) is 0 Å². The SMILES string of the molecule is COc1cccc(C(=O)Nc2cccc(Cl)c2)c1[Se]SC[C@@H](NC(=O)CC[C@@H](N)C(=O)O)C(=O)NCC(=O)O. The number of carboxylic acids is 2. The number of carboxylic acid groups (broad SMARTS) is 2. The van der Waals surface area contributed by atoms with E-state index in [-0.39, 0.29) is 18.6 Å². The van der Waals surface area contributed by atoms with E-state index in [1.54, 1.807) is 42.5 Å². The molecule has 0 aliphatic carbocycles. The number of ether oxygens (including phenoxy) is 1. The normalized spacial score (nSPS) is 12.1. The molecule has 2 rings (SSSR count). The summed E-state index contributed by atoms with van der Waals surface area (Å²) in [6.07, 6.45) is -0.389. The zero-order valence-electron chi connectivity index (χ0n) is 20.6. The fourth-order valence-corrected chi connectivity index (χ4v) is 7.69. The maximum absolute atomic E-state index is 13.1. The van der Waals surface area contributed by atoms with E-state index < -0.39 is 62.1 Å². The molecule has 7 N–H and O–H groups in total. The van der Waals surface area contributed by atoms with Crippen molar-refractivity contribution in [2.24, 2.45) is 5.73 Å². The molecule has 3 amide bonds. The first kappa shape index (κ1) is 31.9. The van der Waals surface area contributed by atoms with E-state index in [0.29, 0.717) is 26.5 Å². The first-order valence-corrected chi connectivity index (χ1v) is 15.6. The van der Waals surface area contributed by atoms with Crippen molar-refractivity contribution in [3.63, 3.8) is 0 Å². The Morgan fingerprint density at radius 1 is 1.13 bits per heavy atom. The van der Waals surface area contributed by atoms with Gasteiger partial charge in [0.1, 0.15) is 0 Å². The van der Waals surface area contributed by atoms with Gasteiger partial charge in [0.15, 0.2) is 0 Å². The van der Waals surface area contributed by atoms with Crippen LogP contribution in [0.4, 0.5) is 5.69 Å². The monoisotopic (exact) mass is 646 g/mol. The van der Waals surface area contributed by atoms with Gasteiger partial charge in [-0.15, -0.1) is 0 Å². The van der Waals surface area contributed by atoms with Crippen molar-refractivity contribution in [1.29, 1.82) is 0 Å². The number of halogens is 1. The topological polar surface area (TPSA) is 197 Å². The number of aliphatic carboxylic acids is 2. The molecule has 2 aromatic carbocycles. The van der Waals surface area contributed by atoms with Crippen molar-refractivity contribution in [2.45, 2.75) is 24.9 Å². The quantitative estimate of drug-likeness (QED) is 0.148. The third kappa shape index (κ3) is 10.8. The second-order valence-electron chi connectivity index (χ2n) is 7.88. The molecular formula is C24H27ClN4O8SSe. The van der Waals surface area contributed by atoms with Gasteiger partial charge in [0.2, 0.25) is 0 Å². The van der Waals surface area contributed by atoms with Gasteiger partial charge in [0.25, 0.3) is 0 Å². The number of benzene rings is 2. The maximum atomic E-state index is 13.1. The van der Waals surface area contributed by atoms with Crippen LogP contribution in [0.5, 0.6) is 5.75 Å². The number of hydrogen-bond acceptors (Lipinski definition) is 8. The summed E-state index contributed by atoms with van der Waals surface area (Å²) in [6.45, 7) is -0.648. The first-order valence-electron chi connectivity index (χ1n) is 11.3. The van der Waals surface area contributed by atoms with E-state index in [4.69, 9.17) is 32.3 Å². The predicted octanol–water partition coefficient (Wildman–Crippen LogP) is 0.456. The summed E-state index contributed by atoms with van der Waals surface area (Å²) in [5.41, 5.74) is 6.28. The van der Waals surface area contributed by atoms with Gasteiger partial charge in [-0.2, -0.15) is 0 Å². The molecule has 0 aliphatic rings. The van der Waals surface area contributed by atoms with Crippen LogP contribution in [0.15, 0.2) is 42.5 Å². The van der Waals surface area contributed by atoms with Gasteiger partial charge in [0, 0.05) is 0 Å².